The number of carbonyl (C=O) groups excluding carboxylic acids is 1. The summed E-state index contributed by atoms with van der Waals surface area (Å²) in [6, 6.07) is 40.7. The molecule has 2 heterocycles. The smallest absolute Gasteiger partial charge is 0.258 e. The Balaban J connectivity index is 1.23. The van der Waals surface area contributed by atoms with Crippen LogP contribution < -0.4 is 5.32 Å². The van der Waals surface area contributed by atoms with Crippen molar-refractivity contribution in [1.82, 2.24) is 9.97 Å². The van der Waals surface area contributed by atoms with Gasteiger partial charge in [-0.25, -0.2) is 4.98 Å². The first-order valence-corrected chi connectivity index (χ1v) is 13.8. The molecule has 5 aromatic carbocycles. The number of anilines is 1. The summed E-state index contributed by atoms with van der Waals surface area (Å²) in [6.07, 6.45) is 3.31. The van der Waals surface area contributed by atoms with Gasteiger partial charge in [0.05, 0.1) is 5.56 Å². The largest absolute Gasteiger partial charge is 0.506 e. The van der Waals surface area contributed by atoms with Crippen LogP contribution in [0.4, 0.5) is 5.88 Å². The molecule has 6 heteroatoms. The minimum absolute atomic E-state index is 0.0286. The fourth-order valence-electron chi connectivity index (χ4n) is 5.14. The maximum atomic E-state index is 13.0. The van der Waals surface area contributed by atoms with E-state index in [1.54, 1.807) is 48.8 Å². The lowest BCUT2D eigenvalue weighted by molar-refractivity contribution is 0.102. The molecule has 0 unspecified atom stereocenters. The molecule has 0 aliphatic rings. The average Bonchev–Trinajstić information content (AvgIpc) is 3.49. The first-order valence-electron chi connectivity index (χ1n) is 13.8. The van der Waals surface area contributed by atoms with Gasteiger partial charge in [0.1, 0.15) is 11.4 Å². The number of carbonyl (C=O) groups is 1. The highest BCUT2D eigenvalue weighted by Gasteiger charge is 2.22. The number of hydrogen-bond donors (Lipinski definition) is 2. The molecule has 206 valence electrons. The number of aromatic hydroxyl groups is 1. The minimum atomic E-state index is -0.335. The molecule has 0 aliphatic carbocycles. The van der Waals surface area contributed by atoms with Gasteiger partial charge in [0.25, 0.3) is 5.91 Å². The van der Waals surface area contributed by atoms with Gasteiger partial charge in [-0.15, -0.1) is 0 Å². The summed E-state index contributed by atoms with van der Waals surface area (Å²) in [5.41, 5.74) is 5.65. The summed E-state index contributed by atoms with van der Waals surface area (Å²) in [5, 5.41) is 16.7. The molecular weight excluding hydrogens is 534 g/mol. The molecule has 0 saturated heterocycles. The van der Waals surface area contributed by atoms with Crippen LogP contribution in [0.1, 0.15) is 10.4 Å². The van der Waals surface area contributed by atoms with E-state index in [1.807, 2.05) is 48.5 Å². The standard InChI is InChI=1S/C37H25N3O3/c41-34-31(26-18-15-25(16-19-26)29-20-17-24-8-4-5-11-28(24)22-29)13-6-14-32(34)36-39-33(30-12-7-21-38-23-30)37(43-36)40-35(42)27-9-2-1-3-10-27/h1-23,41H,(H,40,42). The third-order valence-corrected chi connectivity index (χ3v) is 7.37. The Bertz CT molecular complexity index is 2070. The summed E-state index contributed by atoms with van der Waals surface area (Å²) in [7, 11) is 0. The predicted molar refractivity (Wildman–Crippen MR) is 170 cm³/mol. The quantitative estimate of drug-likeness (QED) is 0.212. The number of para-hydroxylation sites is 1. The molecule has 0 atom stereocenters. The highest BCUT2D eigenvalue weighted by atomic mass is 16.4. The number of amides is 1. The van der Waals surface area contributed by atoms with Gasteiger partial charge in [0, 0.05) is 29.1 Å². The number of nitrogens with one attached hydrogen (secondary N) is 1. The maximum Gasteiger partial charge on any atom is 0.258 e. The highest BCUT2D eigenvalue weighted by Crippen LogP contribution is 2.41. The Morgan fingerprint density at radius 1 is 0.651 bits per heavy atom. The summed E-state index contributed by atoms with van der Waals surface area (Å²) < 4.78 is 6.10. The van der Waals surface area contributed by atoms with Gasteiger partial charge in [-0.3, -0.25) is 15.1 Å². The Labute approximate surface area is 248 Å². The second kappa shape index (κ2) is 11.1. The van der Waals surface area contributed by atoms with E-state index in [0.29, 0.717) is 27.9 Å². The molecule has 6 nitrogen and oxygen atoms in total. The van der Waals surface area contributed by atoms with Gasteiger partial charge in [-0.2, -0.15) is 0 Å². The molecular formula is C37H25N3O3. The van der Waals surface area contributed by atoms with E-state index in [9.17, 15) is 9.90 Å². The second-order valence-electron chi connectivity index (χ2n) is 10.1. The Morgan fingerprint density at radius 3 is 2.16 bits per heavy atom. The highest BCUT2D eigenvalue weighted by molar-refractivity contribution is 6.05. The van der Waals surface area contributed by atoms with E-state index in [1.165, 1.54) is 10.8 Å². The lowest BCUT2D eigenvalue weighted by Crippen LogP contribution is -2.11. The van der Waals surface area contributed by atoms with Crippen LogP contribution in [0.25, 0.3) is 55.7 Å². The number of aromatic nitrogens is 2. The number of phenols is 1. The van der Waals surface area contributed by atoms with E-state index < -0.39 is 0 Å². The number of phenolic OH excluding ortho intramolecular Hbond substituents is 1. The van der Waals surface area contributed by atoms with Gasteiger partial charge in [0.15, 0.2) is 0 Å². The van der Waals surface area contributed by atoms with Crippen molar-refractivity contribution in [3.8, 4) is 50.7 Å². The van der Waals surface area contributed by atoms with Crippen molar-refractivity contribution in [2.24, 2.45) is 0 Å². The molecule has 2 aromatic heterocycles. The van der Waals surface area contributed by atoms with Crippen LogP contribution in [0.2, 0.25) is 0 Å². The minimum Gasteiger partial charge on any atom is -0.506 e. The normalized spacial score (nSPS) is 11.0. The van der Waals surface area contributed by atoms with Crippen LogP contribution in [0, 0.1) is 0 Å². The zero-order valence-electron chi connectivity index (χ0n) is 22.9. The monoisotopic (exact) mass is 559 g/mol. The van der Waals surface area contributed by atoms with Gasteiger partial charge < -0.3 is 9.52 Å². The molecule has 43 heavy (non-hydrogen) atoms. The summed E-state index contributed by atoms with van der Waals surface area (Å²) in [6.45, 7) is 0. The number of pyridine rings is 1. The van der Waals surface area contributed by atoms with E-state index in [4.69, 9.17) is 9.40 Å². The van der Waals surface area contributed by atoms with E-state index in [-0.39, 0.29) is 23.4 Å². The van der Waals surface area contributed by atoms with Crippen LogP contribution in [0.5, 0.6) is 5.75 Å². The number of hydrogen-bond acceptors (Lipinski definition) is 5. The molecule has 0 bridgehead atoms. The summed E-state index contributed by atoms with van der Waals surface area (Å²) in [5.74, 6) is 0.0366. The average molecular weight is 560 g/mol. The number of rotatable bonds is 6. The molecule has 7 aromatic rings. The van der Waals surface area contributed by atoms with E-state index in [0.717, 1.165) is 16.7 Å². The van der Waals surface area contributed by atoms with E-state index in [2.05, 4.69) is 52.8 Å². The van der Waals surface area contributed by atoms with Crippen molar-refractivity contribution in [2.45, 2.75) is 0 Å². The molecule has 0 fully saturated rings. The first kappa shape index (κ1) is 25.9. The van der Waals surface area contributed by atoms with Crippen LogP contribution in [0.15, 0.2) is 144 Å². The van der Waals surface area contributed by atoms with Gasteiger partial charge >= 0.3 is 0 Å². The Kier molecular flexibility index (Phi) is 6.70. The SMILES string of the molecule is O=C(Nc1oc(-c2cccc(-c3ccc(-c4ccc5ccccc5c4)cc3)c2O)nc1-c1cccnc1)c1ccccc1. The molecule has 0 saturated carbocycles. The summed E-state index contributed by atoms with van der Waals surface area (Å²) >= 11 is 0. The molecule has 0 aliphatic heterocycles. The van der Waals surface area contributed by atoms with Gasteiger partial charge in [0.2, 0.25) is 11.8 Å². The van der Waals surface area contributed by atoms with Crippen molar-refractivity contribution in [3.05, 3.63) is 145 Å². The molecule has 2 N–H and O–H groups in total. The van der Waals surface area contributed by atoms with Crippen LogP contribution in [-0.4, -0.2) is 21.0 Å². The topological polar surface area (TPSA) is 88.2 Å². The molecule has 0 radical (unpaired) electrons. The molecule has 1 amide bonds. The van der Waals surface area contributed by atoms with Crippen molar-refractivity contribution in [1.29, 1.82) is 0 Å². The van der Waals surface area contributed by atoms with Crippen molar-refractivity contribution in [3.63, 3.8) is 0 Å². The van der Waals surface area contributed by atoms with Gasteiger partial charge in [-0.1, -0.05) is 91.0 Å². The van der Waals surface area contributed by atoms with Crippen LogP contribution >= 0.6 is 0 Å². The summed E-state index contributed by atoms with van der Waals surface area (Å²) in [4.78, 5) is 21.9. The third-order valence-electron chi connectivity index (χ3n) is 7.37. The third kappa shape index (κ3) is 5.13. The maximum absolute atomic E-state index is 13.0. The van der Waals surface area contributed by atoms with E-state index >= 15 is 0 Å². The fourth-order valence-corrected chi connectivity index (χ4v) is 5.14. The van der Waals surface area contributed by atoms with Crippen molar-refractivity contribution < 1.29 is 14.3 Å². The number of oxazole rings is 1. The number of benzene rings is 5. The zero-order chi connectivity index (χ0) is 29.2. The lowest BCUT2D eigenvalue weighted by Gasteiger charge is -2.10. The molecule has 7 rings (SSSR count). The van der Waals surface area contributed by atoms with Crippen LogP contribution in [-0.2, 0) is 0 Å². The second-order valence-corrected chi connectivity index (χ2v) is 10.1. The first-order chi connectivity index (χ1) is 21.1. The van der Waals surface area contributed by atoms with Crippen molar-refractivity contribution >= 4 is 22.6 Å². The Morgan fingerprint density at radius 2 is 1.37 bits per heavy atom. The number of fused-ring (bicyclic) bond motifs is 1. The zero-order valence-corrected chi connectivity index (χ0v) is 22.9. The lowest BCUT2D eigenvalue weighted by atomic mass is 9.97. The predicted octanol–water partition coefficient (Wildman–Crippen LogP) is 8.85. The molecule has 0 spiro atoms. The van der Waals surface area contributed by atoms with Gasteiger partial charge in [-0.05, 0) is 63.9 Å². The van der Waals surface area contributed by atoms with Crippen molar-refractivity contribution in [2.75, 3.05) is 5.32 Å². The number of nitrogens with zero attached hydrogens (tertiary/aromatic N) is 2. The van der Waals surface area contributed by atoms with Crippen LogP contribution in [0.3, 0.4) is 0 Å². The fraction of sp³-hybridized carbons (Fsp3) is 0. The Hall–Kier alpha value is -6.01.